The van der Waals surface area contributed by atoms with Gasteiger partial charge in [-0.2, -0.15) is 4.31 Å². The summed E-state index contributed by atoms with van der Waals surface area (Å²) in [7, 11) is -3.64. The van der Waals surface area contributed by atoms with E-state index in [9.17, 15) is 18.0 Å². The number of nitrogens with one attached hydrogen (secondary N) is 1. The molecule has 0 saturated heterocycles. The Labute approximate surface area is 227 Å². The minimum absolute atomic E-state index is 0.142. The molecule has 4 aromatic rings. The number of unbranched alkanes of at least 4 members (excludes halogenated alkanes) is 1. The summed E-state index contributed by atoms with van der Waals surface area (Å²) in [6, 6.07) is 24.1. The van der Waals surface area contributed by atoms with E-state index in [4.69, 9.17) is 0 Å². The molecule has 0 aliphatic heterocycles. The summed E-state index contributed by atoms with van der Waals surface area (Å²) in [5.74, 6) is -0.625. The third-order valence-electron chi connectivity index (χ3n) is 6.01. The Morgan fingerprint density at radius 3 is 2.11 bits per heavy atom. The summed E-state index contributed by atoms with van der Waals surface area (Å²) in [6.07, 6.45) is 1.67. The number of amides is 1. The Balaban J connectivity index is 1.58. The van der Waals surface area contributed by atoms with Crippen LogP contribution in [-0.4, -0.2) is 42.5 Å². The smallest absolute Gasteiger partial charge is 0.257 e. The zero-order valence-corrected chi connectivity index (χ0v) is 22.9. The Kier molecular flexibility index (Phi) is 8.83. The molecule has 0 aliphatic rings. The molecule has 0 unspecified atom stereocenters. The van der Waals surface area contributed by atoms with E-state index in [1.807, 2.05) is 50.2 Å². The van der Waals surface area contributed by atoms with Gasteiger partial charge >= 0.3 is 0 Å². The Bertz CT molecular complexity index is 1500. The number of hydrogen-bond acceptors (Lipinski definition) is 6. The minimum Gasteiger partial charge on any atom is -0.298 e. The van der Waals surface area contributed by atoms with Gasteiger partial charge in [0.25, 0.3) is 5.91 Å². The standard InChI is InChI=1S/C29H29N3O4S2/c1-3-5-20-32(4-2)38(35,36)24-18-16-23(17-19-24)28(34)31-29-30-25(21-12-8-6-9-13-21)27(37-29)26(33)22-14-10-7-11-15-22/h6-19H,3-5,20H2,1-2H3,(H,30,31,34). The lowest BCUT2D eigenvalue weighted by atomic mass is 10.1. The molecule has 0 atom stereocenters. The van der Waals surface area contributed by atoms with Crippen molar-refractivity contribution >= 4 is 38.2 Å². The van der Waals surface area contributed by atoms with Crippen LogP contribution in [0.25, 0.3) is 11.3 Å². The molecule has 9 heteroatoms. The molecular formula is C29H29N3O4S2. The van der Waals surface area contributed by atoms with Crippen LogP contribution in [0, 0.1) is 0 Å². The molecule has 3 aromatic carbocycles. The number of aromatic nitrogens is 1. The van der Waals surface area contributed by atoms with Crippen LogP contribution < -0.4 is 5.32 Å². The van der Waals surface area contributed by atoms with Crippen molar-refractivity contribution in [1.82, 2.24) is 9.29 Å². The number of sulfonamides is 1. The third-order valence-corrected chi connectivity index (χ3v) is 8.96. The van der Waals surface area contributed by atoms with Crippen LogP contribution >= 0.6 is 11.3 Å². The van der Waals surface area contributed by atoms with Gasteiger partial charge in [-0.3, -0.25) is 14.9 Å². The molecule has 38 heavy (non-hydrogen) atoms. The fourth-order valence-electron chi connectivity index (χ4n) is 3.92. The van der Waals surface area contributed by atoms with Crippen LogP contribution in [-0.2, 0) is 10.0 Å². The van der Waals surface area contributed by atoms with Gasteiger partial charge in [-0.15, -0.1) is 0 Å². The van der Waals surface area contributed by atoms with Gasteiger partial charge in [-0.1, -0.05) is 92.3 Å². The molecule has 1 N–H and O–H groups in total. The monoisotopic (exact) mass is 547 g/mol. The number of anilines is 1. The number of benzene rings is 3. The highest BCUT2D eigenvalue weighted by Gasteiger charge is 2.24. The molecule has 1 heterocycles. The van der Waals surface area contributed by atoms with Gasteiger partial charge < -0.3 is 0 Å². The molecule has 0 radical (unpaired) electrons. The molecule has 0 saturated carbocycles. The van der Waals surface area contributed by atoms with Gasteiger partial charge in [0.15, 0.2) is 5.13 Å². The van der Waals surface area contributed by atoms with Crippen molar-refractivity contribution < 1.29 is 18.0 Å². The summed E-state index contributed by atoms with van der Waals surface area (Å²) in [5.41, 5.74) is 2.07. The van der Waals surface area contributed by atoms with E-state index in [2.05, 4.69) is 10.3 Å². The maximum atomic E-state index is 13.3. The number of ketones is 1. The van der Waals surface area contributed by atoms with Crippen molar-refractivity contribution in [3.63, 3.8) is 0 Å². The molecule has 4 rings (SSSR count). The SMILES string of the molecule is CCCCN(CC)S(=O)(=O)c1ccc(C(=O)Nc2nc(-c3ccccc3)c(C(=O)c3ccccc3)s2)cc1. The predicted octanol–water partition coefficient (Wildman–Crippen LogP) is 6.10. The lowest BCUT2D eigenvalue weighted by Crippen LogP contribution is -2.31. The van der Waals surface area contributed by atoms with E-state index in [0.717, 1.165) is 29.7 Å². The van der Waals surface area contributed by atoms with Crippen molar-refractivity contribution in [3.05, 3.63) is 101 Å². The molecule has 0 bridgehead atoms. The molecule has 7 nitrogen and oxygen atoms in total. The molecule has 1 amide bonds. The maximum absolute atomic E-state index is 13.3. The van der Waals surface area contributed by atoms with E-state index in [1.165, 1.54) is 28.6 Å². The molecule has 196 valence electrons. The second-order valence-corrected chi connectivity index (χ2v) is 11.5. The Morgan fingerprint density at radius 1 is 0.868 bits per heavy atom. The summed E-state index contributed by atoms with van der Waals surface area (Å²) in [6.45, 7) is 4.65. The topological polar surface area (TPSA) is 96.4 Å². The molecule has 0 aliphatic carbocycles. The number of carbonyl (C=O) groups excluding carboxylic acids is 2. The lowest BCUT2D eigenvalue weighted by molar-refractivity contribution is 0.102. The van der Waals surface area contributed by atoms with E-state index in [1.54, 1.807) is 24.3 Å². The number of hydrogen-bond donors (Lipinski definition) is 1. The maximum Gasteiger partial charge on any atom is 0.257 e. The summed E-state index contributed by atoms with van der Waals surface area (Å²) < 4.78 is 27.4. The largest absolute Gasteiger partial charge is 0.298 e. The number of nitrogens with zero attached hydrogens (tertiary/aromatic N) is 2. The Morgan fingerprint density at radius 2 is 1.50 bits per heavy atom. The van der Waals surface area contributed by atoms with Gasteiger partial charge in [0.05, 0.1) is 10.6 Å². The van der Waals surface area contributed by atoms with Crippen LogP contribution in [0.15, 0.2) is 89.8 Å². The van der Waals surface area contributed by atoms with Gasteiger partial charge in [-0.05, 0) is 30.7 Å². The Hall–Kier alpha value is -3.66. The molecular weight excluding hydrogens is 518 g/mol. The number of rotatable bonds is 11. The van der Waals surface area contributed by atoms with E-state index < -0.39 is 15.9 Å². The average molecular weight is 548 g/mol. The first-order valence-corrected chi connectivity index (χ1v) is 14.7. The fraction of sp³-hybridized carbons (Fsp3) is 0.207. The third kappa shape index (κ3) is 6.07. The first-order chi connectivity index (χ1) is 18.3. The summed E-state index contributed by atoms with van der Waals surface area (Å²) in [4.78, 5) is 31.4. The van der Waals surface area contributed by atoms with Crippen LogP contribution in [0.3, 0.4) is 0 Å². The van der Waals surface area contributed by atoms with Crippen LogP contribution in [0.4, 0.5) is 5.13 Å². The zero-order chi connectivity index (χ0) is 27.1. The predicted molar refractivity (Wildman–Crippen MR) is 151 cm³/mol. The lowest BCUT2D eigenvalue weighted by Gasteiger charge is -2.20. The first-order valence-electron chi connectivity index (χ1n) is 12.4. The van der Waals surface area contributed by atoms with Crippen LogP contribution in [0.2, 0.25) is 0 Å². The molecule has 1 aromatic heterocycles. The van der Waals surface area contributed by atoms with Crippen molar-refractivity contribution in [2.75, 3.05) is 18.4 Å². The van der Waals surface area contributed by atoms with Gasteiger partial charge in [-0.25, -0.2) is 13.4 Å². The average Bonchev–Trinajstić information content (AvgIpc) is 3.37. The van der Waals surface area contributed by atoms with E-state index in [-0.39, 0.29) is 21.4 Å². The summed E-state index contributed by atoms with van der Waals surface area (Å²) >= 11 is 1.11. The van der Waals surface area contributed by atoms with Crippen molar-refractivity contribution in [1.29, 1.82) is 0 Å². The highest BCUT2D eigenvalue weighted by Crippen LogP contribution is 2.33. The number of carbonyl (C=O) groups is 2. The number of thiazole rings is 1. The highest BCUT2D eigenvalue weighted by atomic mass is 32.2. The second-order valence-electron chi connectivity index (χ2n) is 8.59. The minimum atomic E-state index is -3.64. The van der Waals surface area contributed by atoms with Crippen LogP contribution in [0.5, 0.6) is 0 Å². The van der Waals surface area contributed by atoms with Crippen molar-refractivity contribution in [2.24, 2.45) is 0 Å². The first kappa shape index (κ1) is 27.4. The summed E-state index contributed by atoms with van der Waals surface area (Å²) in [5, 5.41) is 3.05. The van der Waals surface area contributed by atoms with E-state index >= 15 is 0 Å². The zero-order valence-electron chi connectivity index (χ0n) is 21.3. The van der Waals surface area contributed by atoms with Crippen molar-refractivity contribution in [3.8, 4) is 11.3 Å². The van der Waals surface area contributed by atoms with E-state index in [0.29, 0.717) is 29.2 Å². The van der Waals surface area contributed by atoms with Gasteiger partial charge in [0.1, 0.15) is 4.88 Å². The van der Waals surface area contributed by atoms with Gasteiger partial charge in [0.2, 0.25) is 15.8 Å². The second kappa shape index (κ2) is 12.3. The quantitative estimate of drug-likeness (QED) is 0.229. The van der Waals surface area contributed by atoms with Crippen LogP contribution in [0.1, 0.15) is 52.3 Å². The molecule has 0 spiro atoms. The highest BCUT2D eigenvalue weighted by molar-refractivity contribution is 7.89. The van der Waals surface area contributed by atoms with Crippen molar-refractivity contribution in [2.45, 2.75) is 31.6 Å². The fourth-order valence-corrected chi connectivity index (χ4v) is 6.35. The normalized spacial score (nSPS) is 11.4. The van der Waals surface area contributed by atoms with Gasteiger partial charge in [0, 0.05) is 29.8 Å². The molecule has 0 fully saturated rings.